The fourth-order valence-electron chi connectivity index (χ4n) is 1.60. The lowest BCUT2D eigenvalue weighted by Crippen LogP contribution is -2.34. The highest BCUT2D eigenvalue weighted by molar-refractivity contribution is 5.00. The van der Waals surface area contributed by atoms with E-state index in [1.807, 2.05) is 13.1 Å². The number of nitrogens with two attached hydrogens (primary N) is 1. The quantitative estimate of drug-likeness (QED) is 0.750. The standard InChI is InChI=1S/C10H15N3O/c1-7-4-12-10(14)13(5-7)6-9(11)8-2-3-8/h4-5,8-9H,2-3,6,11H2,1H3. The van der Waals surface area contributed by atoms with Crippen molar-refractivity contribution in [3.63, 3.8) is 0 Å². The number of aromatic nitrogens is 2. The molecule has 0 amide bonds. The average Bonchev–Trinajstić information content (AvgIpc) is 2.94. The van der Waals surface area contributed by atoms with Crippen LogP contribution in [0.2, 0.25) is 0 Å². The van der Waals surface area contributed by atoms with Gasteiger partial charge in [0, 0.05) is 25.0 Å². The number of rotatable bonds is 3. The van der Waals surface area contributed by atoms with E-state index in [0.29, 0.717) is 12.5 Å². The van der Waals surface area contributed by atoms with Gasteiger partial charge in [0.1, 0.15) is 0 Å². The molecule has 0 saturated heterocycles. The van der Waals surface area contributed by atoms with Crippen LogP contribution in [0, 0.1) is 12.8 Å². The summed E-state index contributed by atoms with van der Waals surface area (Å²) in [6.07, 6.45) is 5.81. The van der Waals surface area contributed by atoms with Gasteiger partial charge in [-0.05, 0) is 31.2 Å². The van der Waals surface area contributed by atoms with Gasteiger partial charge in [-0.25, -0.2) is 9.78 Å². The van der Waals surface area contributed by atoms with Crippen molar-refractivity contribution >= 4 is 0 Å². The van der Waals surface area contributed by atoms with Crippen LogP contribution >= 0.6 is 0 Å². The third-order valence-corrected chi connectivity index (χ3v) is 2.62. The Balaban J connectivity index is 2.14. The van der Waals surface area contributed by atoms with Gasteiger partial charge in [-0.1, -0.05) is 0 Å². The summed E-state index contributed by atoms with van der Waals surface area (Å²) >= 11 is 0. The maximum Gasteiger partial charge on any atom is 0.347 e. The van der Waals surface area contributed by atoms with Gasteiger partial charge in [-0.2, -0.15) is 0 Å². The molecule has 0 bridgehead atoms. The lowest BCUT2D eigenvalue weighted by atomic mass is 10.2. The second-order valence-corrected chi connectivity index (χ2v) is 4.07. The van der Waals surface area contributed by atoms with Crippen molar-refractivity contribution in [1.29, 1.82) is 0 Å². The van der Waals surface area contributed by atoms with E-state index in [4.69, 9.17) is 5.73 Å². The molecule has 1 atom stereocenters. The maximum absolute atomic E-state index is 11.3. The Kier molecular flexibility index (Phi) is 2.37. The van der Waals surface area contributed by atoms with Gasteiger partial charge in [0.25, 0.3) is 0 Å². The van der Waals surface area contributed by atoms with Crippen LogP contribution in [0.3, 0.4) is 0 Å². The molecular formula is C10H15N3O. The van der Waals surface area contributed by atoms with Crippen LogP contribution in [0.4, 0.5) is 0 Å². The zero-order chi connectivity index (χ0) is 10.1. The summed E-state index contributed by atoms with van der Waals surface area (Å²) in [4.78, 5) is 15.1. The fourth-order valence-corrected chi connectivity index (χ4v) is 1.60. The van der Waals surface area contributed by atoms with Gasteiger partial charge in [-0.3, -0.25) is 4.57 Å². The van der Waals surface area contributed by atoms with Crippen molar-refractivity contribution in [2.75, 3.05) is 0 Å². The Morgan fingerprint density at radius 2 is 2.43 bits per heavy atom. The first kappa shape index (κ1) is 9.40. The van der Waals surface area contributed by atoms with Crippen LogP contribution in [-0.2, 0) is 6.54 Å². The molecule has 76 valence electrons. The largest absolute Gasteiger partial charge is 0.347 e. The molecule has 0 radical (unpaired) electrons. The molecule has 2 N–H and O–H groups in total. The summed E-state index contributed by atoms with van der Waals surface area (Å²) < 4.78 is 1.61. The van der Waals surface area contributed by atoms with Crippen LogP contribution in [0.15, 0.2) is 17.2 Å². The smallest absolute Gasteiger partial charge is 0.326 e. The molecule has 1 aromatic rings. The monoisotopic (exact) mass is 193 g/mol. The topological polar surface area (TPSA) is 60.9 Å². The van der Waals surface area contributed by atoms with Gasteiger partial charge in [0.15, 0.2) is 0 Å². The van der Waals surface area contributed by atoms with Crippen LogP contribution in [0.1, 0.15) is 18.4 Å². The van der Waals surface area contributed by atoms with Crippen molar-refractivity contribution in [2.24, 2.45) is 11.7 Å². The van der Waals surface area contributed by atoms with E-state index in [2.05, 4.69) is 4.98 Å². The van der Waals surface area contributed by atoms with Crippen LogP contribution in [-0.4, -0.2) is 15.6 Å². The lowest BCUT2D eigenvalue weighted by Gasteiger charge is -2.11. The molecule has 0 spiro atoms. The van der Waals surface area contributed by atoms with E-state index < -0.39 is 0 Å². The van der Waals surface area contributed by atoms with E-state index in [9.17, 15) is 4.79 Å². The third kappa shape index (κ3) is 2.01. The summed E-state index contributed by atoms with van der Waals surface area (Å²) in [5, 5.41) is 0. The second kappa shape index (κ2) is 3.53. The van der Waals surface area contributed by atoms with Crippen molar-refractivity contribution in [3.8, 4) is 0 Å². The highest BCUT2D eigenvalue weighted by Gasteiger charge is 2.28. The molecule has 2 rings (SSSR count). The van der Waals surface area contributed by atoms with E-state index in [-0.39, 0.29) is 11.7 Å². The molecule has 1 unspecified atom stereocenters. The molecule has 14 heavy (non-hydrogen) atoms. The number of hydrogen-bond donors (Lipinski definition) is 1. The summed E-state index contributed by atoms with van der Waals surface area (Å²) in [6.45, 7) is 2.52. The summed E-state index contributed by atoms with van der Waals surface area (Å²) in [5.41, 5.74) is 6.73. The zero-order valence-electron chi connectivity index (χ0n) is 8.31. The van der Waals surface area contributed by atoms with Crippen LogP contribution in [0.5, 0.6) is 0 Å². The minimum Gasteiger partial charge on any atom is -0.326 e. The minimum atomic E-state index is -0.202. The maximum atomic E-state index is 11.3. The van der Waals surface area contributed by atoms with Crippen molar-refractivity contribution in [1.82, 2.24) is 9.55 Å². The molecule has 1 aromatic heterocycles. The lowest BCUT2D eigenvalue weighted by molar-refractivity contribution is 0.486. The van der Waals surface area contributed by atoms with E-state index in [0.717, 1.165) is 5.56 Å². The van der Waals surface area contributed by atoms with Gasteiger partial charge in [0.2, 0.25) is 0 Å². The predicted octanol–water partition coefficient (Wildman–Crippen LogP) is 0.289. The van der Waals surface area contributed by atoms with Gasteiger partial charge in [0.05, 0.1) is 0 Å². The normalized spacial score (nSPS) is 18.1. The number of nitrogens with zero attached hydrogens (tertiary/aromatic N) is 2. The van der Waals surface area contributed by atoms with E-state index >= 15 is 0 Å². The average molecular weight is 193 g/mol. The Labute approximate surface area is 82.8 Å². The molecule has 0 aliphatic heterocycles. The first-order chi connectivity index (χ1) is 6.66. The van der Waals surface area contributed by atoms with Crippen molar-refractivity contribution in [3.05, 3.63) is 28.4 Å². The van der Waals surface area contributed by atoms with Crippen molar-refractivity contribution in [2.45, 2.75) is 32.4 Å². The highest BCUT2D eigenvalue weighted by Crippen LogP contribution is 2.31. The molecule has 1 heterocycles. The number of aryl methyl sites for hydroxylation is 1. The second-order valence-electron chi connectivity index (χ2n) is 4.07. The van der Waals surface area contributed by atoms with Gasteiger partial charge >= 0.3 is 5.69 Å². The molecule has 1 saturated carbocycles. The SMILES string of the molecule is Cc1cnc(=O)n(CC(N)C2CC2)c1. The van der Waals surface area contributed by atoms with E-state index in [1.165, 1.54) is 12.8 Å². The Morgan fingerprint density at radius 1 is 1.71 bits per heavy atom. The van der Waals surface area contributed by atoms with Gasteiger partial charge in [-0.15, -0.1) is 0 Å². The minimum absolute atomic E-state index is 0.108. The predicted molar refractivity (Wildman–Crippen MR) is 53.9 cm³/mol. The summed E-state index contributed by atoms with van der Waals surface area (Å²) in [5.74, 6) is 0.613. The summed E-state index contributed by atoms with van der Waals surface area (Å²) in [6, 6.07) is 0.108. The summed E-state index contributed by atoms with van der Waals surface area (Å²) in [7, 11) is 0. The van der Waals surface area contributed by atoms with E-state index in [1.54, 1.807) is 10.8 Å². The Hall–Kier alpha value is -1.16. The number of hydrogen-bond acceptors (Lipinski definition) is 3. The molecule has 1 fully saturated rings. The van der Waals surface area contributed by atoms with Crippen LogP contribution in [0.25, 0.3) is 0 Å². The molecule has 1 aliphatic carbocycles. The van der Waals surface area contributed by atoms with Gasteiger partial charge < -0.3 is 5.73 Å². The molecule has 1 aliphatic rings. The molecule has 4 nitrogen and oxygen atoms in total. The Morgan fingerprint density at radius 3 is 3.07 bits per heavy atom. The first-order valence-corrected chi connectivity index (χ1v) is 4.95. The van der Waals surface area contributed by atoms with Crippen molar-refractivity contribution < 1.29 is 0 Å². The zero-order valence-corrected chi connectivity index (χ0v) is 8.31. The third-order valence-electron chi connectivity index (χ3n) is 2.62. The fraction of sp³-hybridized carbons (Fsp3) is 0.600. The molecule has 0 aromatic carbocycles. The molecule has 4 heteroatoms. The van der Waals surface area contributed by atoms with Crippen LogP contribution < -0.4 is 11.4 Å². The highest BCUT2D eigenvalue weighted by atomic mass is 16.1. The molecular weight excluding hydrogens is 178 g/mol. The first-order valence-electron chi connectivity index (χ1n) is 4.95. The Bertz CT molecular complexity index is 381.